The molecule has 0 aliphatic heterocycles. The topological polar surface area (TPSA) is 86.5 Å². The minimum Gasteiger partial charge on any atom is -0.494 e. The summed E-state index contributed by atoms with van der Waals surface area (Å²) in [5.74, 6) is 0.976. The number of rotatable bonds is 10. The Kier molecular flexibility index (Phi) is 8.59. The summed E-state index contributed by atoms with van der Waals surface area (Å²) in [6.45, 7) is 3.28. The van der Waals surface area contributed by atoms with E-state index in [2.05, 4.69) is 17.2 Å². The molecular weight excluding hydrogens is 449 g/mol. The Labute approximate surface area is 197 Å². The van der Waals surface area contributed by atoms with Crippen LogP contribution in [0, 0.1) is 0 Å². The Balaban J connectivity index is 1.59. The zero-order valence-electron chi connectivity index (χ0n) is 17.7. The summed E-state index contributed by atoms with van der Waals surface area (Å²) in [7, 11) is 0. The highest BCUT2D eigenvalue weighted by Gasteiger charge is 2.13. The highest BCUT2D eigenvalue weighted by Crippen LogP contribution is 2.27. The standard InChI is InChI=1S/C24H25Cl2N3O3/c1-2-3-11-31-18-9-7-16(8-10-18)13-29-24(30)17-12-22(23(27)28-14-17)32-15-19-20(25)5-4-6-21(19)26/h4-10,12,14H,2-3,11,13,15H2,1H3,(H2,27,28)(H,29,30). The number of carbonyl (C=O) groups is 1. The number of ether oxygens (including phenoxy) is 2. The number of nitrogens with two attached hydrogens (primary N) is 1. The first-order valence-corrected chi connectivity index (χ1v) is 11.0. The number of pyridine rings is 1. The number of carbonyl (C=O) groups excluding carboxylic acids is 1. The van der Waals surface area contributed by atoms with Gasteiger partial charge in [-0.15, -0.1) is 0 Å². The normalized spacial score (nSPS) is 10.6. The molecule has 0 bridgehead atoms. The second-order valence-corrected chi connectivity index (χ2v) is 7.94. The van der Waals surface area contributed by atoms with Crippen LogP contribution in [0.25, 0.3) is 0 Å². The maximum atomic E-state index is 12.6. The van der Waals surface area contributed by atoms with Crippen molar-refractivity contribution < 1.29 is 14.3 Å². The number of hydrogen-bond donors (Lipinski definition) is 2. The molecule has 0 atom stereocenters. The van der Waals surface area contributed by atoms with E-state index in [1.807, 2.05) is 24.3 Å². The van der Waals surface area contributed by atoms with E-state index in [9.17, 15) is 4.79 Å². The molecule has 0 radical (unpaired) electrons. The Morgan fingerprint density at radius 3 is 2.50 bits per heavy atom. The highest BCUT2D eigenvalue weighted by molar-refractivity contribution is 6.35. The molecular formula is C24H25Cl2N3O3. The smallest absolute Gasteiger partial charge is 0.253 e. The number of amides is 1. The van der Waals surface area contributed by atoms with Crippen LogP contribution in [0.5, 0.6) is 11.5 Å². The van der Waals surface area contributed by atoms with Crippen LogP contribution in [0.1, 0.15) is 41.3 Å². The van der Waals surface area contributed by atoms with Gasteiger partial charge in [-0.1, -0.05) is 54.7 Å². The van der Waals surface area contributed by atoms with Gasteiger partial charge in [-0.05, 0) is 42.3 Å². The third-order valence-electron chi connectivity index (χ3n) is 4.72. The minimum absolute atomic E-state index is 0.0993. The number of halogens is 2. The molecule has 0 saturated carbocycles. The second kappa shape index (κ2) is 11.6. The van der Waals surface area contributed by atoms with Gasteiger partial charge in [-0.25, -0.2) is 4.98 Å². The van der Waals surface area contributed by atoms with E-state index in [-0.39, 0.29) is 24.1 Å². The van der Waals surface area contributed by atoms with Crippen molar-refractivity contribution in [2.45, 2.75) is 32.9 Å². The molecule has 0 unspecified atom stereocenters. The van der Waals surface area contributed by atoms with Crippen LogP contribution in [0.3, 0.4) is 0 Å². The van der Waals surface area contributed by atoms with Gasteiger partial charge in [-0.2, -0.15) is 0 Å². The predicted octanol–water partition coefficient (Wildman–Crippen LogP) is 5.66. The molecule has 3 N–H and O–H groups in total. The number of nitrogen functional groups attached to an aromatic ring is 1. The van der Waals surface area contributed by atoms with Crippen LogP contribution >= 0.6 is 23.2 Å². The van der Waals surface area contributed by atoms with Gasteiger partial charge in [-0.3, -0.25) is 4.79 Å². The Hall–Kier alpha value is -2.96. The van der Waals surface area contributed by atoms with E-state index >= 15 is 0 Å². The first-order valence-electron chi connectivity index (χ1n) is 10.3. The molecule has 3 aromatic rings. The lowest BCUT2D eigenvalue weighted by molar-refractivity contribution is 0.0950. The first kappa shape index (κ1) is 23.7. The lowest BCUT2D eigenvalue weighted by atomic mass is 10.2. The van der Waals surface area contributed by atoms with E-state index in [0.717, 1.165) is 24.2 Å². The molecule has 0 aliphatic rings. The lowest BCUT2D eigenvalue weighted by Gasteiger charge is -2.12. The van der Waals surface area contributed by atoms with E-state index in [0.29, 0.717) is 34.3 Å². The van der Waals surface area contributed by atoms with E-state index in [1.54, 1.807) is 24.3 Å². The van der Waals surface area contributed by atoms with Crippen LogP contribution in [-0.2, 0) is 13.2 Å². The largest absolute Gasteiger partial charge is 0.494 e. The Morgan fingerprint density at radius 2 is 1.81 bits per heavy atom. The summed E-state index contributed by atoms with van der Waals surface area (Å²) in [5.41, 5.74) is 7.82. The average molecular weight is 474 g/mol. The molecule has 0 saturated heterocycles. The van der Waals surface area contributed by atoms with Crippen molar-refractivity contribution in [2.75, 3.05) is 12.3 Å². The van der Waals surface area contributed by atoms with Crippen molar-refractivity contribution in [3.8, 4) is 11.5 Å². The summed E-state index contributed by atoms with van der Waals surface area (Å²) in [6, 6.07) is 14.4. The van der Waals surface area contributed by atoms with Crippen LogP contribution < -0.4 is 20.5 Å². The quantitative estimate of drug-likeness (QED) is 0.371. The van der Waals surface area contributed by atoms with Crippen LogP contribution in [0.2, 0.25) is 10.0 Å². The summed E-state index contributed by atoms with van der Waals surface area (Å²) in [5, 5.41) is 3.84. The van der Waals surface area contributed by atoms with Crippen molar-refractivity contribution in [1.29, 1.82) is 0 Å². The molecule has 1 aromatic heterocycles. The lowest BCUT2D eigenvalue weighted by Crippen LogP contribution is -2.23. The Bertz CT molecular complexity index is 1040. The molecule has 6 nitrogen and oxygen atoms in total. The van der Waals surface area contributed by atoms with Crippen molar-refractivity contribution in [2.24, 2.45) is 0 Å². The number of anilines is 1. The molecule has 32 heavy (non-hydrogen) atoms. The molecule has 1 heterocycles. The zero-order valence-corrected chi connectivity index (χ0v) is 19.2. The number of aromatic nitrogens is 1. The molecule has 2 aromatic carbocycles. The average Bonchev–Trinajstić information content (AvgIpc) is 2.79. The number of hydrogen-bond acceptors (Lipinski definition) is 5. The molecule has 1 amide bonds. The van der Waals surface area contributed by atoms with E-state index in [1.165, 1.54) is 6.20 Å². The molecule has 168 valence electrons. The fourth-order valence-corrected chi connectivity index (χ4v) is 3.34. The molecule has 0 aliphatic carbocycles. The fraction of sp³-hybridized carbons (Fsp3) is 0.250. The van der Waals surface area contributed by atoms with Gasteiger partial charge in [0.2, 0.25) is 0 Å². The zero-order chi connectivity index (χ0) is 22.9. The Morgan fingerprint density at radius 1 is 1.09 bits per heavy atom. The maximum Gasteiger partial charge on any atom is 0.253 e. The maximum absolute atomic E-state index is 12.6. The number of benzene rings is 2. The van der Waals surface area contributed by atoms with Crippen LogP contribution in [0.15, 0.2) is 54.7 Å². The van der Waals surface area contributed by atoms with Crippen molar-refractivity contribution in [3.05, 3.63) is 81.5 Å². The van der Waals surface area contributed by atoms with Gasteiger partial charge < -0.3 is 20.5 Å². The number of nitrogens with one attached hydrogen (secondary N) is 1. The molecule has 3 rings (SSSR count). The monoisotopic (exact) mass is 473 g/mol. The first-order chi connectivity index (χ1) is 15.5. The summed E-state index contributed by atoms with van der Waals surface area (Å²) >= 11 is 12.3. The molecule has 0 fully saturated rings. The van der Waals surface area contributed by atoms with Gasteiger partial charge in [0.25, 0.3) is 5.91 Å². The van der Waals surface area contributed by atoms with Gasteiger partial charge in [0.15, 0.2) is 11.6 Å². The van der Waals surface area contributed by atoms with Gasteiger partial charge >= 0.3 is 0 Å². The third-order valence-corrected chi connectivity index (χ3v) is 5.43. The number of nitrogens with zero attached hydrogens (tertiary/aromatic N) is 1. The predicted molar refractivity (Wildman–Crippen MR) is 127 cm³/mol. The fourth-order valence-electron chi connectivity index (χ4n) is 2.84. The van der Waals surface area contributed by atoms with Crippen LogP contribution in [-0.4, -0.2) is 17.5 Å². The van der Waals surface area contributed by atoms with Crippen molar-refractivity contribution in [3.63, 3.8) is 0 Å². The summed E-state index contributed by atoms with van der Waals surface area (Å²) in [6.07, 6.45) is 3.51. The van der Waals surface area contributed by atoms with Gasteiger partial charge in [0.05, 0.1) is 12.2 Å². The number of unbranched alkanes of at least 4 members (excludes halogenated alkanes) is 1. The summed E-state index contributed by atoms with van der Waals surface area (Å²) < 4.78 is 11.4. The highest BCUT2D eigenvalue weighted by atomic mass is 35.5. The molecule has 0 spiro atoms. The van der Waals surface area contributed by atoms with Gasteiger partial charge in [0, 0.05) is 28.4 Å². The van der Waals surface area contributed by atoms with Gasteiger partial charge in [0.1, 0.15) is 12.4 Å². The molecule has 8 heteroatoms. The van der Waals surface area contributed by atoms with E-state index < -0.39 is 0 Å². The van der Waals surface area contributed by atoms with Crippen LogP contribution in [0.4, 0.5) is 5.82 Å². The third kappa shape index (κ3) is 6.52. The van der Waals surface area contributed by atoms with Crippen molar-refractivity contribution >= 4 is 34.9 Å². The SMILES string of the molecule is CCCCOc1ccc(CNC(=O)c2cnc(N)c(OCc3c(Cl)cccc3Cl)c2)cc1. The minimum atomic E-state index is -0.290. The van der Waals surface area contributed by atoms with E-state index in [4.69, 9.17) is 38.4 Å². The summed E-state index contributed by atoms with van der Waals surface area (Å²) in [4.78, 5) is 16.7. The van der Waals surface area contributed by atoms with Crippen molar-refractivity contribution in [1.82, 2.24) is 10.3 Å². The second-order valence-electron chi connectivity index (χ2n) is 7.12.